The van der Waals surface area contributed by atoms with Gasteiger partial charge in [0.1, 0.15) is 0 Å². The van der Waals surface area contributed by atoms with E-state index in [0.717, 1.165) is 19.1 Å². The first-order valence-electron chi connectivity index (χ1n) is 6.03. The van der Waals surface area contributed by atoms with Crippen LogP contribution in [0.3, 0.4) is 0 Å². The number of ether oxygens (including phenoxy) is 1. The second kappa shape index (κ2) is 5.80. The fourth-order valence-corrected chi connectivity index (χ4v) is 3.75. The van der Waals surface area contributed by atoms with Gasteiger partial charge in [-0.25, -0.2) is 0 Å². The molecule has 1 saturated heterocycles. The summed E-state index contributed by atoms with van der Waals surface area (Å²) < 4.78 is 5.46. The molecule has 2 rings (SSSR count). The molecule has 0 bridgehead atoms. The molecule has 86 valence electrons. The second-order valence-corrected chi connectivity index (χ2v) is 5.48. The lowest BCUT2D eigenvalue weighted by Crippen LogP contribution is -2.38. The van der Waals surface area contributed by atoms with Gasteiger partial charge in [-0.1, -0.05) is 6.92 Å². The average Bonchev–Trinajstić information content (AvgIpc) is 2.80. The second-order valence-electron chi connectivity index (χ2n) is 4.33. The Morgan fingerprint density at radius 3 is 3.20 bits per heavy atom. The van der Waals surface area contributed by atoms with Gasteiger partial charge in [0, 0.05) is 6.04 Å². The van der Waals surface area contributed by atoms with E-state index < -0.39 is 0 Å². The molecule has 2 heterocycles. The van der Waals surface area contributed by atoms with Gasteiger partial charge in [0.25, 0.3) is 0 Å². The predicted octanol–water partition coefficient (Wildman–Crippen LogP) is 2.41. The van der Waals surface area contributed by atoms with Crippen molar-refractivity contribution >= 4 is 11.8 Å². The Kier molecular flexibility index (Phi) is 4.39. The Labute approximate surface area is 96.8 Å². The molecular weight excluding hydrogens is 206 g/mol. The van der Waals surface area contributed by atoms with Crippen molar-refractivity contribution in [1.82, 2.24) is 5.32 Å². The number of thioether (sulfide) groups is 1. The van der Waals surface area contributed by atoms with E-state index in [4.69, 9.17) is 4.74 Å². The van der Waals surface area contributed by atoms with E-state index in [0.29, 0.717) is 6.04 Å². The van der Waals surface area contributed by atoms with E-state index in [1.165, 1.54) is 36.3 Å². The molecule has 0 aromatic heterocycles. The summed E-state index contributed by atoms with van der Waals surface area (Å²) in [6.45, 7) is 4.16. The van der Waals surface area contributed by atoms with Crippen molar-refractivity contribution in [3.63, 3.8) is 0 Å². The van der Waals surface area contributed by atoms with Crippen LogP contribution in [0.1, 0.15) is 26.2 Å². The fraction of sp³-hybridized carbons (Fsp3) is 0.833. The molecule has 1 N–H and O–H groups in total. The SMILES string of the molecule is CCNC(C1=COCCC1)C1CCSC1. The van der Waals surface area contributed by atoms with Crippen molar-refractivity contribution in [2.45, 2.75) is 32.2 Å². The monoisotopic (exact) mass is 227 g/mol. The van der Waals surface area contributed by atoms with Crippen molar-refractivity contribution in [3.8, 4) is 0 Å². The molecule has 2 aliphatic heterocycles. The Hall–Kier alpha value is -0.150. The van der Waals surface area contributed by atoms with Gasteiger partial charge < -0.3 is 10.1 Å². The normalized spacial score (nSPS) is 28.3. The van der Waals surface area contributed by atoms with Crippen LogP contribution in [-0.2, 0) is 4.74 Å². The van der Waals surface area contributed by atoms with Crippen LogP contribution in [-0.4, -0.2) is 30.7 Å². The molecule has 2 atom stereocenters. The summed E-state index contributed by atoms with van der Waals surface area (Å²) in [6, 6.07) is 0.574. The van der Waals surface area contributed by atoms with E-state index in [-0.39, 0.29) is 0 Å². The van der Waals surface area contributed by atoms with Crippen LogP contribution >= 0.6 is 11.8 Å². The highest BCUT2D eigenvalue weighted by molar-refractivity contribution is 7.99. The standard InChI is InChI=1S/C12H21NOS/c1-2-13-12(11-5-7-15-9-11)10-4-3-6-14-8-10/h8,11-13H,2-7,9H2,1H3. The minimum atomic E-state index is 0.574. The van der Waals surface area contributed by atoms with Crippen LogP contribution in [0, 0.1) is 5.92 Å². The number of hydrogen-bond donors (Lipinski definition) is 1. The molecule has 2 nitrogen and oxygen atoms in total. The van der Waals surface area contributed by atoms with Crippen LogP contribution in [0.2, 0.25) is 0 Å². The summed E-state index contributed by atoms with van der Waals surface area (Å²) in [4.78, 5) is 0. The number of rotatable bonds is 4. The van der Waals surface area contributed by atoms with Gasteiger partial charge in [0.2, 0.25) is 0 Å². The Morgan fingerprint density at radius 2 is 2.60 bits per heavy atom. The maximum atomic E-state index is 5.46. The third kappa shape index (κ3) is 2.91. The van der Waals surface area contributed by atoms with Crippen LogP contribution in [0.5, 0.6) is 0 Å². The fourth-order valence-electron chi connectivity index (χ4n) is 2.45. The zero-order valence-corrected chi connectivity index (χ0v) is 10.3. The van der Waals surface area contributed by atoms with Gasteiger partial charge >= 0.3 is 0 Å². The lowest BCUT2D eigenvalue weighted by atomic mass is 9.90. The molecule has 0 amide bonds. The number of hydrogen-bond acceptors (Lipinski definition) is 3. The molecule has 0 aromatic carbocycles. The highest BCUT2D eigenvalue weighted by atomic mass is 32.2. The highest BCUT2D eigenvalue weighted by Gasteiger charge is 2.28. The lowest BCUT2D eigenvalue weighted by Gasteiger charge is -2.28. The van der Waals surface area contributed by atoms with E-state index >= 15 is 0 Å². The van der Waals surface area contributed by atoms with Gasteiger partial charge in [0.05, 0.1) is 12.9 Å². The third-order valence-electron chi connectivity index (χ3n) is 3.22. The highest BCUT2D eigenvalue weighted by Crippen LogP contribution is 2.31. The largest absolute Gasteiger partial charge is 0.501 e. The van der Waals surface area contributed by atoms with Crippen molar-refractivity contribution in [1.29, 1.82) is 0 Å². The minimum absolute atomic E-state index is 0.574. The molecule has 3 heteroatoms. The Morgan fingerprint density at radius 1 is 1.67 bits per heavy atom. The topological polar surface area (TPSA) is 21.3 Å². The van der Waals surface area contributed by atoms with Crippen LogP contribution in [0.15, 0.2) is 11.8 Å². The molecule has 0 radical (unpaired) electrons. The van der Waals surface area contributed by atoms with Crippen molar-refractivity contribution in [2.24, 2.45) is 5.92 Å². The Bertz CT molecular complexity index is 224. The third-order valence-corrected chi connectivity index (χ3v) is 4.41. The first-order valence-corrected chi connectivity index (χ1v) is 7.19. The number of nitrogens with one attached hydrogen (secondary N) is 1. The van der Waals surface area contributed by atoms with Crippen LogP contribution < -0.4 is 5.32 Å². The van der Waals surface area contributed by atoms with Crippen molar-refractivity contribution < 1.29 is 4.74 Å². The van der Waals surface area contributed by atoms with Crippen LogP contribution in [0.25, 0.3) is 0 Å². The van der Waals surface area contributed by atoms with Gasteiger partial charge in [-0.2, -0.15) is 11.8 Å². The van der Waals surface area contributed by atoms with E-state index in [2.05, 4.69) is 24.0 Å². The predicted molar refractivity (Wildman–Crippen MR) is 66.2 cm³/mol. The molecular formula is C12H21NOS. The zero-order valence-electron chi connectivity index (χ0n) is 9.50. The molecule has 15 heavy (non-hydrogen) atoms. The smallest absolute Gasteiger partial charge is 0.0876 e. The molecule has 2 aliphatic rings. The van der Waals surface area contributed by atoms with E-state index in [1.54, 1.807) is 0 Å². The molecule has 1 fully saturated rings. The van der Waals surface area contributed by atoms with E-state index in [1.807, 2.05) is 6.26 Å². The maximum Gasteiger partial charge on any atom is 0.0876 e. The lowest BCUT2D eigenvalue weighted by molar-refractivity contribution is 0.215. The maximum absolute atomic E-state index is 5.46. The van der Waals surface area contributed by atoms with Gasteiger partial charge in [0.15, 0.2) is 0 Å². The summed E-state index contributed by atoms with van der Waals surface area (Å²) in [7, 11) is 0. The summed E-state index contributed by atoms with van der Waals surface area (Å²) in [5, 5.41) is 3.63. The van der Waals surface area contributed by atoms with Crippen molar-refractivity contribution in [2.75, 3.05) is 24.7 Å². The first kappa shape index (κ1) is 11.3. The zero-order chi connectivity index (χ0) is 10.5. The molecule has 2 unspecified atom stereocenters. The molecule has 0 saturated carbocycles. The minimum Gasteiger partial charge on any atom is -0.501 e. The molecule has 0 spiro atoms. The summed E-state index contributed by atoms with van der Waals surface area (Å²) in [5.41, 5.74) is 1.50. The van der Waals surface area contributed by atoms with E-state index in [9.17, 15) is 0 Å². The number of likely N-dealkylation sites (N-methyl/N-ethyl adjacent to an activating group) is 1. The van der Waals surface area contributed by atoms with Gasteiger partial charge in [-0.05, 0) is 48.8 Å². The van der Waals surface area contributed by atoms with Crippen molar-refractivity contribution in [3.05, 3.63) is 11.8 Å². The molecule has 0 aliphatic carbocycles. The van der Waals surface area contributed by atoms with Gasteiger partial charge in [-0.3, -0.25) is 0 Å². The summed E-state index contributed by atoms with van der Waals surface area (Å²) in [5.74, 6) is 3.47. The summed E-state index contributed by atoms with van der Waals surface area (Å²) in [6.07, 6.45) is 5.78. The van der Waals surface area contributed by atoms with Gasteiger partial charge in [-0.15, -0.1) is 0 Å². The molecule has 0 aromatic rings. The quantitative estimate of drug-likeness (QED) is 0.797. The summed E-state index contributed by atoms with van der Waals surface area (Å²) >= 11 is 2.09. The van der Waals surface area contributed by atoms with Crippen LogP contribution in [0.4, 0.5) is 0 Å². The average molecular weight is 227 g/mol. The Balaban J connectivity index is 2.00. The first-order chi connectivity index (χ1) is 7.42.